The van der Waals surface area contributed by atoms with Gasteiger partial charge in [0.05, 0.1) is 12.1 Å². The fraction of sp³-hybridized carbons (Fsp3) is 0.435. The molecule has 1 aliphatic carbocycles. The molecule has 0 aliphatic heterocycles. The maximum atomic E-state index is 12.4. The summed E-state index contributed by atoms with van der Waals surface area (Å²) in [5, 5.41) is 2.82. The van der Waals surface area contributed by atoms with Crippen molar-refractivity contribution < 1.29 is 19.1 Å². The zero-order valence-corrected chi connectivity index (χ0v) is 18.2. The van der Waals surface area contributed by atoms with Gasteiger partial charge in [-0.3, -0.25) is 9.59 Å². The number of anilines is 1. The lowest BCUT2D eigenvalue weighted by atomic mass is 10.1. The molecule has 1 aromatic carbocycles. The fourth-order valence-electron chi connectivity index (χ4n) is 3.56. The van der Waals surface area contributed by atoms with Crippen molar-refractivity contribution in [3.63, 3.8) is 0 Å². The number of esters is 1. The third-order valence-electron chi connectivity index (χ3n) is 5.42. The van der Waals surface area contributed by atoms with Crippen molar-refractivity contribution in [2.24, 2.45) is 0 Å². The summed E-state index contributed by atoms with van der Waals surface area (Å²) in [6, 6.07) is 8.06. The van der Waals surface area contributed by atoms with Gasteiger partial charge in [0.1, 0.15) is 0 Å². The predicted octanol–water partition coefficient (Wildman–Crippen LogP) is 3.31. The number of rotatable bonds is 7. The summed E-state index contributed by atoms with van der Waals surface area (Å²) in [6.07, 6.45) is 2.25. The van der Waals surface area contributed by atoms with E-state index in [4.69, 9.17) is 4.74 Å². The van der Waals surface area contributed by atoms with Crippen LogP contribution in [-0.2, 0) is 14.3 Å². The smallest absolute Gasteiger partial charge is 0.340 e. The maximum Gasteiger partial charge on any atom is 0.340 e. The number of likely N-dealkylation sites (N-methyl/N-ethyl adjacent to an activating group) is 1. The average Bonchev–Trinajstić information content (AvgIpc) is 3.46. The van der Waals surface area contributed by atoms with Crippen LogP contribution in [0.3, 0.4) is 0 Å². The Balaban J connectivity index is 1.52. The number of aromatic nitrogens is 1. The summed E-state index contributed by atoms with van der Waals surface area (Å²) < 4.78 is 7.37. The van der Waals surface area contributed by atoms with Gasteiger partial charge in [0.2, 0.25) is 5.91 Å². The molecule has 0 atom stereocenters. The van der Waals surface area contributed by atoms with Crippen LogP contribution >= 0.6 is 0 Å². The third kappa shape index (κ3) is 4.90. The SMILES string of the molecule is Cc1ccc(C)c(NC(=O)CN(C)C(=O)COC(=O)c2cc(C)n(C3CC3)c2C)c1. The Morgan fingerprint density at radius 1 is 1.13 bits per heavy atom. The molecule has 1 fully saturated rings. The Morgan fingerprint density at radius 2 is 1.83 bits per heavy atom. The number of nitrogens with zero attached hydrogens (tertiary/aromatic N) is 2. The second-order valence-electron chi connectivity index (χ2n) is 8.08. The summed E-state index contributed by atoms with van der Waals surface area (Å²) in [5.74, 6) is -1.26. The molecular formula is C23H29N3O4. The van der Waals surface area contributed by atoms with Crippen molar-refractivity contribution in [3.8, 4) is 0 Å². The summed E-state index contributed by atoms with van der Waals surface area (Å²) in [6.45, 7) is 7.19. The molecule has 1 aromatic heterocycles. The molecular weight excluding hydrogens is 382 g/mol. The van der Waals surface area contributed by atoms with Gasteiger partial charge in [-0.05, 0) is 63.8 Å². The van der Waals surface area contributed by atoms with E-state index in [-0.39, 0.29) is 12.5 Å². The molecule has 2 amide bonds. The highest BCUT2D eigenvalue weighted by Gasteiger charge is 2.29. The molecule has 0 radical (unpaired) electrons. The molecule has 0 saturated heterocycles. The topological polar surface area (TPSA) is 80.6 Å². The Kier molecular flexibility index (Phi) is 6.29. The van der Waals surface area contributed by atoms with Crippen LogP contribution in [0.4, 0.5) is 5.69 Å². The van der Waals surface area contributed by atoms with Gasteiger partial charge in [-0.25, -0.2) is 4.79 Å². The zero-order chi connectivity index (χ0) is 22.0. The van der Waals surface area contributed by atoms with Crippen LogP contribution in [0.15, 0.2) is 24.3 Å². The van der Waals surface area contributed by atoms with E-state index < -0.39 is 18.5 Å². The first kappa shape index (κ1) is 21.6. The number of carbonyl (C=O) groups is 3. The van der Waals surface area contributed by atoms with E-state index in [1.165, 1.54) is 11.9 Å². The van der Waals surface area contributed by atoms with E-state index in [1.54, 1.807) is 0 Å². The van der Waals surface area contributed by atoms with E-state index in [0.717, 1.165) is 41.0 Å². The van der Waals surface area contributed by atoms with Crippen molar-refractivity contribution in [2.75, 3.05) is 25.5 Å². The molecule has 0 unspecified atom stereocenters. The number of nitrogens with one attached hydrogen (secondary N) is 1. The Morgan fingerprint density at radius 3 is 2.50 bits per heavy atom. The van der Waals surface area contributed by atoms with Crippen LogP contribution in [0.2, 0.25) is 0 Å². The molecule has 2 aromatic rings. The van der Waals surface area contributed by atoms with Gasteiger partial charge in [-0.1, -0.05) is 12.1 Å². The number of amides is 2. The molecule has 30 heavy (non-hydrogen) atoms. The number of carbonyl (C=O) groups excluding carboxylic acids is 3. The Labute approximate surface area is 177 Å². The first-order valence-corrected chi connectivity index (χ1v) is 10.1. The largest absolute Gasteiger partial charge is 0.452 e. The highest BCUT2D eigenvalue weighted by molar-refractivity contribution is 5.96. The first-order valence-electron chi connectivity index (χ1n) is 10.1. The lowest BCUT2D eigenvalue weighted by Crippen LogP contribution is -2.37. The van der Waals surface area contributed by atoms with Gasteiger partial charge in [-0.15, -0.1) is 0 Å². The quantitative estimate of drug-likeness (QED) is 0.709. The standard InChI is InChI=1S/C23H29N3O4/c1-14-6-7-15(2)20(10-14)24-21(27)12-25(5)22(28)13-30-23(29)19-11-16(3)26(17(19)4)18-8-9-18/h6-7,10-11,18H,8-9,12-13H2,1-5H3,(H,24,27). The maximum absolute atomic E-state index is 12.4. The summed E-state index contributed by atoms with van der Waals surface area (Å²) in [7, 11) is 1.51. The second kappa shape index (κ2) is 8.73. The lowest BCUT2D eigenvalue weighted by molar-refractivity contribution is -0.136. The highest BCUT2D eigenvalue weighted by Crippen LogP contribution is 2.38. The Hall–Kier alpha value is -3.09. The van der Waals surface area contributed by atoms with Crippen LogP contribution in [0.5, 0.6) is 0 Å². The minimum atomic E-state index is -0.517. The average molecular weight is 412 g/mol. The molecule has 1 aliphatic rings. The summed E-state index contributed by atoms with van der Waals surface area (Å²) in [5.41, 5.74) is 5.08. The van der Waals surface area contributed by atoms with E-state index >= 15 is 0 Å². The molecule has 7 heteroatoms. The monoisotopic (exact) mass is 411 g/mol. The second-order valence-corrected chi connectivity index (χ2v) is 8.08. The fourth-order valence-corrected chi connectivity index (χ4v) is 3.56. The van der Waals surface area contributed by atoms with E-state index in [0.29, 0.717) is 11.6 Å². The molecule has 1 saturated carbocycles. The summed E-state index contributed by atoms with van der Waals surface area (Å²) >= 11 is 0. The normalized spacial score (nSPS) is 13.1. The van der Waals surface area contributed by atoms with Gasteiger partial charge in [0, 0.05) is 30.2 Å². The predicted molar refractivity (Wildman–Crippen MR) is 115 cm³/mol. The number of hydrogen-bond acceptors (Lipinski definition) is 4. The van der Waals surface area contributed by atoms with E-state index in [9.17, 15) is 14.4 Å². The molecule has 1 N–H and O–H groups in total. The number of ether oxygens (including phenoxy) is 1. The van der Waals surface area contributed by atoms with Crippen LogP contribution in [0.25, 0.3) is 0 Å². The van der Waals surface area contributed by atoms with E-state index in [1.807, 2.05) is 52.0 Å². The van der Waals surface area contributed by atoms with Gasteiger partial charge >= 0.3 is 5.97 Å². The molecule has 1 heterocycles. The van der Waals surface area contributed by atoms with Gasteiger partial charge < -0.3 is 19.5 Å². The van der Waals surface area contributed by atoms with Crippen LogP contribution in [-0.4, -0.2) is 47.4 Å². The molecule has 7 nitrogen and oxygen atoms in total. The third-order valence-corrected chi connectivity index (χ3v) is 5.42. The van der Waals surface area contributed by atoms with Crippen molar-refractivity contribution in [1.82, 2.24) is 9.47 Å². The van der Waals surface area contributed by atoms with Crippen molar-refractivity contribution in [3.05, 3.63) is 52.3 Å². The highest BCUT2D eigenvalue weighted by atomic mass is 16.5. The number of benzene rings is 1. The molecule has 0 bridgehead atoms. The van der Waals surface area contributed by atoms with Gasteiger partial charge in [0.25, 0.3) is 5.91 Å². The van der Waals surface area contributed by atoms with Crippen molar-refractivity contribution >= 4 is 23.5 Å². The minimum absolute atomic E-state index is 0.125. The molecule has 3 rings (SSSR count). The van der Waals surface area contributed by atoms with Crippen LogP contribution in [0, 0.1) is 27.7 Å². The van der Waals surface area contributed by atoms with Crippen molar-refractivity contribution in [1.29, 1.82) is 0 Å². The van der Waals surface area contributed by atoms with E-state index in [2.05, 4.69) is 9.88 Å². The zero-order valence-electron chi connectivity index (χ0n) is 18.2. The van der Waals surface area contributed by atoms with Crippen LogP contribution in [0.1, 0.15) is 51.8 Å². The lowest BCUT2D eigenvalue weighted by Gasteiger charge is -2.17. The minimum Gasteiger partial charge on any atom is -0.452 e. The van der Waals surface area contributed by atoms with Crippen molar-refractivity contribution in [2.45, 2.75) is 46.6 Å². The Bertz CT molecular complexity index is 989. The number of aryl methyl sites for hydroxylation is 3. The molecule has 160 valence electrons. The number of hydrogen-bond donors (Lipinski definition) is 1. The van der Waals surface area contributed by atoms with Gasteiger partial charge in [-0.2, -0.15) is 0 Å². The first-order chi connectivity index (χ1) is 14.2. The molecule has 0 spiro atoms. The van der Waals surface area contributed by atoms with Gasteiger partial charge in [0.15, 0.2) is 6.61 Å². The summed E-state index contributed by atoms with van der Waals surface area (Å²) in [4.78, 5) is 38.3. The van der Waals surface area contributed by atoms with Crippen LogP contribution < -0.4 is 5.32 Å².